The lowest BCUT2D eigenvalue weighted by Gasteiger charge is -2.35. The second-order valence-electron chi connectivity index (χ2n) is 5.92. The average molecular weight is 290 g/mol. The van der Waals surface area contributed by atoms with Gasteiger partial charge in [-0.25, -0.2) is 4.98 Å². The fraction of sp³-hybridized carbons (Fsp3) is 0.625. The van der Waals surface area contributed by atoms with Crippen molar-refractivity contribution in [2.75, 3.05) is 44.2 Å². The summed E-state index contributed by atoms with van der Waals surface area (Å²) in [6.45, 7) is 9.03. The van der Waals surface area contributed by atoms with Gasteiger partial charge in [-0.2, -0.15) is 0 Å². The number of piperazine rings is 1. The molecule has 2 rings (SSSR count). The minimum absolute atomic E-state index is 0.208. The molecule has 1 aromatic heterocycles. The van der Waals surface area contributed by atoms with Gasteiger partial charge in [-0.3, -0.25) is 4.79 Å². The van der Waals surface area contributed by atoms with E-state index in [4.69, 9.17) is 0 Å². The van der Waals surface area contributed by atoms with Gasteiger partial charge < -0.3 is 15.1 Å². The number of amides is 1. The van der Waals surface area contributed by atoms with Gasteiger partial charge in [-0.1, -0.05) is 19.9 Å². The molecule has 1 aliphatic rings. The lowest BCUT2D eigenvalue weighted by Crippen LogP contribution is -2.51. The smallest absolute Gasteiger partial charge is 0.236 e. The Labute approximate surface area is 127 Å². The predicted octanol–water partition coefficient (Wildman–Crippen LogP) is 1.37. The van der Waals surface area contributed by atoms with Crippen molar-refractivity contribution in [2.24, 2.45) is 5.92 Å². The van der Waals surface area contributed by atoms with Crippen LogP contribution in [-0.4, -0.2) is 55.1 Å². The molecule has 0 radical (unpaired) electrons. The summed E-state index contributed by atoms with van der Waals surface area (Å²) in [5.41, 5.74) is 0. The summed E-state index contributed by atoms with van der Waals surface area (Å²) in [4.78, 5) is 20.7. The van der Waals surface area contributed by atoms with E-state index in [0.717, 1.165) is 45.0 Å². The summed E-state index contributed by atoms with van der Waals surface area (Å²) < 4.78 is 0. The molecule has 1 saturated heterocycles. The summed E-state index contributed by atoms with van der Waals surface area (Å²) >= 11 is 0. The first kappa shape index (κ1) is 15.8. The Bertz CT molecular complexity index is 427. The van der Waals surface area contributed by atoms with Crippen LogP contribution in [0.4, 0.5) is 5.82 Å². The molecule has 1 amide bonds. The van der Waals surface area contributed by atoms with Gasteiger partial charge in [-0.15, -0.1) is 0 Å². The van der Waals surface area contributed by atoms with Gasteiger partial charge in [0.2, 0.25) is 5.91 Å². The minimum Gasteiger partial charge on any atom is -0.353 e. The molecule has 0 bridgehead atoms. The highest BCUT2D eigenvalue weighted by atomic mass is 16.2. The van der Waals surface area contributed by atoms with Crippen LogP contribution in [0.3, 0.4) is 0 Å². The van der Waals surface area contributed by atoms with Gasteiger partial charge in [0.05, 0.1) is 6.54 Å². The minimum atomic E-state index is 0.208. The molecular weight excluding hydrogens is 264 g/mol. The first-order valence-electron chi connectivity index (χ1n) is 7.81. The first-order chi connectivity index (χ1) is 10.2. The molecule has 116 valence electrons. The Kier molecular flexibility index (Phi) is 5.99. The zero-order chi connectivity index (χ0) is 15.1. The number of nitrogens with zero attached hydrogens (tertiary/aromatic N) is 3. The molecule has 0 spiro atoms. The van der Waals surface area contributed by atoms with Crippen LogP contribution in [0, 0.1) is 5.92 Å². The third kappa shape index (κ3) is 5.01. The Hall–Kier alpha value is -1.62. The summed E-state index contributed by atoms with van der Waals surface area (Å²) in [5, 5.41) is 3.24. The van der Waals surface area contributed by atoms with E-state index in [9.17, 15) is 4.79 Å². The Morgan fingerprint density at radius 2 is 2.05 bits per heavy atom. The van der Waals surface area contributed by atoms with E-state index < -0.39 is 0 Å². The fourth-order valence-electron chi connectivity index (χ4n) is 2.42. The molecule has 0 unspecified atom stereocenters. The predicted molar refractivity (Wildman–Crippen MR) is 85.4 cm³/mol. The zero-order valence-electron chi connectivity index (χ0n) is 13.1. The molecule has 0 aromatic carbocycles. The summed E-state index contributed by atoms with van der Waals surface area (Å²) in [5.74, 6) is 1.88. The van der Waals surface area contributed by atoms with Crippen molar-refractivity contribution < 1.29 is 4.79 Å². The molecule has 21 heavy (non-hydrogen) atoms. The van der Waals surface area contributed by atoms with Crippen LogP contribution in [0.15, 0.2) is 24.4 Å². The number of anilines is 1. The molecule has 5 heteroatoms. The number of nitrogens with one attached hydrogen (secondary N) is 1. The molecule has 0 saturated carbocycles. The van der Waals surface area contributed by atoms with E-state index in [1.807, 2.05) is 29.3 Å². The molecule has 0 aliphatic carbocycles. The molecular formula is C16H26N4O. The number of hydrogen-bond donors (Lipinski definition) is 1. The van der Waals surface area contributed by atoms with Crippen molar-refractivity contribution in [3.63, 3.8) is 0 Å². The van der Waals surface area contributed by atoms with Crippen LogP contribution in [0.25, 0.3) is 0 Å². The van der Waals surface area contributed by atoms with Crippen LogP contribution in [-0.2, 0) is 4.79 Å². The maximum absolute atomic E-state index is 12.1. The molecule has 1 fully saturated rings. The van der Waals surface area contributed by atoms with E-state index in [-0.39, 0.29) is 5.91 Å². The maximum Gasteiger partial charge on any atom is 0.236 e. The van der Waals surface area contributed by atoms with Gasteiger partial charge in [0.15, 0.2) is 0 Å². The second kappa shape index (κ2) is 7.98. The highest BCUT2D eigenvalue weighted by Crippen LogP contribution is 2.12. The Morgan fingerprint density at radius 1 is 1.29 bits per heavy atom. The fourth-order valence-corrected chi connectivity index (χ4v) is 2.42. The quantitative estimate of drug-likeness (QED) is 0.804. The Balaban J connectivity index is 1.70. The van der Waals surface area contributed by atoms with Gasteiger partial charge in [0.25, 0.3) is 0 Å². The second-order valence-corrected chi connectivity index (χ2v) is 5.92. The van der Waals surface area contributed by atoms with Crippen LogP contribution in [0.1, 0.15) is 20.3 Å². The monoisotopic (exact) mass is 290 g/mol. The van der Waals surface area contributed by atoms with E-state index in [1.165, 1.54) is 0 Å². The van der Waals surface area contributed by atoms with Crippen molar-refractivity contribution in [2.45, 2.75) is 20.3 Å². The molecule has 2 heterocycles. The van der Waals surface area contributed by atoms with Crippen LogP contribution in [0.2, 0.25) is 0 Å². The topological polar surface area (TPSA) is 48.5 Å². The normalized spacial score (nSPS) is 15.6. The number of carbonyl (C=O) groups excluding carboxylic acids is 1. The largest absolute Gasteiger partial charge is 0.353 e. The summed E-state index contributed by atoms with van der Waals surface area (Å²) in [7, 11) is 0. The molecule has 1 aromatic rings. The third-order valence-corrected chi connectivity index (χ3v) is 3.78. The zero-order valence-corrected chi connectivity index (χ0v) is 13.1. The van der Waals surface area contributed by atoms with Gasteiger partial charge >= 0.3 is 0 Å². The lowest BCUT2D eigenvalue weighted by atomic mass is 10.1. The maximum atomic E-state index is 12.1. The molecule has 5 nitrogen and oxygen atoms in total. The standard InChI is InChI=1S/C16H26N4O/c1-14(2)6-8-17-13-16(21)20-11-9-19(10-12-20)15-5-3-4-7-18-15/h3-5,7,14,17H,6,8-13H2,1-2H3. The first-order valence-corrected chi connectivity index (χ1v) is 7.81. The number of hydrogen-bond acceptors (Lipinski definition) is 4. The van der Waals surface area contributed by atoms with Crippen molar-refractivity contribution in [1.82, 2.24) is 15.2 Å². The van der Waals surface area contributed by atoms with Gasteiger partial charge in [0.1, 0.15) is 5.82 Å². The average Bonchev–Trinajstić information content (AvgIpc) is 2.52. The summed E-state index contributed by atoms with van der Waals surface area (Å²) in [6, 6.07) is 5.94. The molecule has 1 N–H and O–H groups in total. The lowest BCUT2D eigenvalue weighted by molar-refractivity contribution is -0.130. The number of rotatable bonds is 6. The number of carbonyl (C=O) groups is 1. The van der Waals surface area contributed by atoms with E-state index >= 15 is 0 Å². The van der Waals surface area contributed by atoms with Crippen LogP contribution in [0.5, 0.6) is 0 Å². The van der Waals surface area contributed by atoms with Crippen molar-refractivity contribution in [3.05, 3.63) is 24.4 Å². The van der Waals surface area contributed by atoms with Crippen molar-refractivity contribution in [3.8, 4) is 0 Å². The third-order valence-electron chi connectivity index (χ3n) is 3.78. The SMILES string of the molecule is CC(C)CCNCC(=O)N1CCN(c2ccccn2)CC1. The highest BCUT2D eigenvalue weighted by molar-refractivity contribution is 5.78. The summed E-state index contributed by atoms with van der Waals surface area (Å²) in [6.07, 6.45) is 2.92. The van der Waals surface area contributed by atoms with E-state index in [0.29, 0.717) is 12.5 Å². The molecule has 0 atom stereocenters. The van der Waals surface area contributed by atoms with E-state index in [1.54, 1.807) is 0 Å². The Morgan fingerprint density at radius 3 is 2.67 bits per heavy atom. The molecule has 1 aliphatic heterocycles. The number of aromatic nitrogens is 1. The van der Waals surface area contributed by atoms with Crippen LogP contribution < -0.4 is 10.2 Å². The van der Waals surface area contributed by atoms with Crippen LogP contribution >= 0.6 is 0 Å². The van der Waals surface area contributed by atoms with E-state index in [2.05, 4.69) is 29.0 Å². The highest BCUT2D eigenvalue weighted by Gasteiger charge is 2.21. The van der Waals surface area contributed by atoms with Gasteiger partial charge in [-0.05, 0) is 31.0 Å². The van der Waals surface area contributed by atoms with Crippen molar-refractivity contribution >= 4 is 11.7 Å². The number of pyridine rings is 1. The van der Waals surface area contributed by atoms with Crippen molar-refractivity contribution in [1.29, 1.82) is 0 Å². The van der Waals surface area contributed by atoms with Gasteiger partial charge in [0, 0.05) is 32.4 Å².